The Kier molecular flexibility index (Phi) is 2.99. The second-order valence-electron chi connectivity index (χ2n) is 5.23. The Hall–Kier alpha value is -1.13. The molecular formula is C14H18N2OS. The molecule has 0 radical (unpaired) electrons. The summed E-state index contributed by atoms with van der Waals surface area (Å²) in [5, 5.41) is 0. The van der Waals surface area contributed by atoms with Gasteiger partial charge in [-0.25, -0.2) is 0 Å². The third-order valence-corrected chi connectivity index (χ3v) is 4.10. The number of hydrogen-bond donors (Lipinski definition) is 1. The van der Waals surface area contributed by atoms with Crippen LogP contribution in [-0.4, -0.2) is 30.3 Å². The first-order valence-corrected chi connectivity index (χ1v) is 6.85. The van der Waals surface area contributed by atoms with Crippen LogP contribution in [0.2, 0.25) is 0 Å². The topological polar surface area (TPSA) is 38.5 Å². The molecule has 2 unspecified atom stereocenters. The maximum absolute atomic E-state index is 5.86. The first-order chi connectivity index (χ1) is 8.63. The number of benzene rings is 1. The molecule has 2 aliphatic heterocycles. The van der Waals surface area contributed by atoms with Gasteiger partial charge in [0, 0.05) is 24.3 Å². The molecule has 2 heterocycles. The molecule has 2 fully saturated rings. The highest BCUT2D eigenvalue weighted by atomic mass is 32.1. The van der Waals surface area contributed by atoms with Gasteiger partial charge in [0.2, 0.25) is 0 Å². The summed E-state index contributed by atoms with van der Waals surface area (Å²) in [6.07, 6.45) is 3.23. The summed E-state index contributed by atoms with van der Waals surface area (Å²) in [5.41, 5.74) is 9.08. The molecule has 2 bridgehead atoms. The zero-order valence-corrected chi connectivity index (χ0v) is 11.4. The Labute approximate surface area is 113 Å². The van der Waals surface area contributed by atoms with Crippen LogP contribution in [0.5, 0.6) is 0 Å². The molecule has 4 heteroatoms. The lowest BCUT2D eigenvalue weighted by Crippen LogP contribution is -2.42. The number of nitrogens with two attached hydrogens (primary N) is 1. The van der Waals surface area contributed by atoms with Gasteiger partial charge in [-0.05, 0) is 43.5 Å². The van der Waals surface area contributed by atoms with E-state index in [2.05, 4.69) is 24.0 Å². The van der Waals surface area contributed by atoms with E-state index in [0.29, 0.717) is 17.2 Å². The van der Waals surface area contributed by atoms with E-state index in [0.717, 1.165) is 24.2 Å². The number of thiocarbonyl (C=S) groups is 1. The maximum Gasteiger partial charge on any atom is 0.104 e. The molecule has 0 aliphatic carbocycles. The molecule has 96 valence electrons. The minimum Gasteiger partial charge on any atom is -0.389 e. The van der Waals surface area contributed by atoms with E-state index in [1.165, 1.54) is 18.5 Å². The maximum atomic E-state index is 5.86. The van der Waals surface area contributed by atoms with Gasteiger partial charge in [0.15, 0.2) is 0 Å². The molecule has 3 rings (SSSR count). The number of aryl methyl sites for hydroxylation is 1. The van der Waals surface area contributed by atoms with Crippen molar-refractivity contribution < 1.29 is 4.74 Å². The number of hydrogen-bond acceptors (Lipinski definition) is 3. The molecule has 2 N–H and O–H groups in total. The number of morpholine rings is 1. The number of rotatable bonds is 2. The van der Waals surface area contributed by atoms with Gasteiger partial charge in [-0.2, -0.15) is 0 Å². The average Bonchev–Trinajstić information content (AvgIpc) is 2.67. The Morgan fingerprint density at radius 2 is 2.00 bits per heavy atom. The molecule has 2 aliphatic rings. The average molecular weight is 262 g/mol. The van der Waals surface area contributed by atoms with Crippen molar-refractivity contribution in [3.8, 4) is 0 Å². The van der Waals surface area contributed by atoms with Crippen molar-refractivity contribution in [3.63, 3.8) is 0 Å². The quantitative estimate of drug-likeness (QED) is 0.827. The normalized spacial score (nSPS) is 26.4. The van der Waals surface area contributed by atoms with Crippen LogP contribution in [-0.2, 0) is 4.74 Å². The lowest BCUT2D eigenvalue weighted by atomic mass is 10.1. The van der Waals surface area contributed by atoms with E-state index in [4.69, 9.17) is 22.7 Å². The second-order valence-corrected chi connectivity index (χ2v) is 5.67. The van der Waals surface area contributed by atoms with Crippen molar-refractivity contribution in [2.24, 2.45) is 5.73 Å². The lowest BCUT2D eigenvalue weighted by Gasteiger charge is -2.34. The van der Waals surface area contributed by atoms with Gasteiger partial charge in [0.1, 0.15) is 4.99 Å². The number of nitrogens with zero attached hydrogens (tertiary/aromatic N) is 1. The van der Waals surface area contributed by atoms with Gasteiger partial charge < -0.3 is 15.4 Å². The van der Waals surface area contributed by atoms with E-state index >= 15 is 0 Å². The molecular weight excluding hydrogens is 244 g/mol. The van der Waals surface area contributed by atoms with Gasteiger partial charge in [0.25, 0.3) is 0 Å². The molecule has 2 atom stereocenters. The Morgan fingerprint density at radius 3 is 2.56 bits per heavy atom. The molecule has 2 saturated heterocycles. The van der Waals surface area contributed by atoms with E-state index in [1.807, 2.05) is 6.07 Å². The number of anilines is 1. The summed E-state index contributed by atoms with van der Waals surface area (Å²) < 4.78 is 5.86. The highest BCUT2D eigenvalue weighted by Crippen LogP contribution is 2.30. The second kappa shape index (κ2) is 4.52. The van der Waals surface area contributed by atoms with E-state index < -0.39 is 0 Å². The van der Waals surface area contributed by atoms with Gasteiger partial charge in [-0.3, -0.25) is 0 Å². The minimum absolute atomic E-state index is 0.416. The minimum atomic E-state index is 0.416. The summed E-state index contributed by atoms with van der Waals surface area (Å²) in [6.45, 7) is 4.07. The molecule has 1 aromatic rings. The summed E-state index contributed by atoms with van der Waals surface area (Å²) in [7, 11) is 0. The lowest BCUT2D eigenvalue weighted by molar-refractivity contribution is 0.0305. The van der Waals surface area contributed by atoms with Crippen molar-refractivity contribution in [2.45, 2.75) is 32.0 Å². The molecule has 0 spiro atoms. The van der Waals surface area contributed by atoms with E-state index in [1.54, 1.807) is 0 Å². The zero-order valence-electron chi connectivity index (χ0n) is 10.6. The highest BCUT2D eigenvalue weighted by molar-refractivity contribution is 7.80. The Morgan fingerprint density at radius 1 is 1.33 bits per heavy atom. The smallest absolute Gasteiger partial charge is 0.104 e. The third-order valence-electron chi connectivity index (χ3n) is 3.88. The van der Waals surface area contributed by atoms with Crippen LogP contribution >= 0.6 is 12.2 Å². The van der Waals surface area contributed by atoms with Crippen molar-refractivity contribution in [3.05, 3.63) is 29.3 Å². The van der Waals surface area contributed by atoms with Gasteiger partial charge in [0.05, 0.1) is 12.2 Å². The number of ether oxygens (including phenoxy) is 1. The third kappa shape index (κ3) is 2.10. The highest BCUT2D eigenvalue weighted by Gasteiger charge is 2.33. The van der Waals surface area contributed by atoms with Gasteiger partial charge in [-0.1, -0.05) is 12.2 Å². The standard InChI is InChI=1S/C14H18N2OS/c1-9-6-10(2-5-13(9)14(15)18)16-7-11-3-4-12(8-16)17-11/h2,5-6,11-12H,3-4,7-8H2,1H3,(H2,15,18). The molecule has 18 heavy (non-hydrogen) atoms. The fourth-order valence-electron chi connectivity index (χ4n) is 2.95. The SMILES string of the molecule is Cc1cc(N2CC3CCC(C2)O3)ccc1C(N)=S. The predicted octanol–water partition coefficient (Wildman–Crippen LogP) is 2.00. The van der Waals surface area contributed by atoms with Crippen LogP contribution in [0.15, 0.2) is 18.2 Å². The van der Waals surface area contributed by atoms with Crippen molar-refractivity contribution in [2.75, 3.05) is 18.0 Å². The van der Waals surface area contributed by atoms with Crippen molar-refractivity contribution >= 4 is 22.9 Å². The van der Waals surface area contributed by atoms with Crippen LogP contribution in [0.25, 0.3) is 0 Å². The van der Waals surface area contributed by atoms with Gasteiger partial charge in [-0.15, -0.1) is 0 Å². The van der Waals surface area contributed by atoms with Crippen LogP contribution in [0.1, 0.15) is 24.0 Å². The molecule has 0 amide bonds. The first kappa shape index (κ1) is 11.9. The summed E-state index contributed by atoms with van der Waals surface area (Å²) in [4.78, 5) is 2.89. The molecule has 3 nitrogen and oxygen atoms in total. The van der Waals surface area contributed by atoms with Crippen LogP contribution in [0.4, 0.5) is 5.69 Å². The first-order valence-electron chi connectivity index (χ1n) is 6.44. The van der Waals surface area contributed by atoms with Crippen LogP contribution in [0.3, 0.4) is 0 Å². The fourth-order valence-corrected chi connectivity index (χ4v) is 3.18. The van der Waals surface area contributed by atoms with Crippen LogP contribution in [0, 0.1) is 6.92 Å². The summed E-state index contributed by atoms with van der Waals surface area (Å²) in [5.74, 6) is 0. The molecule has 0 saturated carbocycles. The molecule has 0 aromatic heterocycles. The number of fused-ring (bicyclic) bond motifs is 2. The summed E-state index contributed by atoms with van der Waals surface area (Å²) in [6, 6.07) is 6.33. The largest absolute Gasteiger partial charge is 0.389 e. The Bertz CT molecular complexity index is 477. The monoisotopic (exact) mass is 262 g/mol. The predicted molar refractivity (Wildman–Crippen MR) is 77.2 cm³/mol. The zero-order chi connectivity index (χ0) is 12.7. The van der Waals surface area contributed by atoms with E-state index in [9.17, 15) is 0 Å². The molecule has 1 aromatic carbocycles. The summed E-state index contributed by atoms with van der Waals surface area (Å²) >= 11 is 5.04. The van der Waals surface area contributed by atoms with Gasteiger partial charge >= 0.3 is 0 Å². The van der Waals surface area contributed by atoms with Crippen molar-refractivity contribution in [1.29, 1.82) is 0 Å². The van der Waals surface area contributed by atoms with E-state index in [-0.39, 0.29) is 0 Å². The van der Waals surface area contributed by atoms with Crippen molar-refractivity contribution in [1.82, 2.24) is 0 Å². The van der Waals surface area contributed by atoms with Crippen LogP contribution < -0.4 is 10.6 Å². The Balaban J connectivity index is 1.84. The fraction of sp³-hybridized carbons (Fsp3) is 0.500.